The molecular formula is C16H24N2O5S. The molecule has 0 aliphatic rings. The number of hydrogen-bond acceptors (Lipinski definition) is 5. The zero-order valence-electron chi connectivity index (χ0n) is 14.2. The first kappa shape index (κ1) is 20.0. The van der Waals surface area contributed by atoms with Crippen LogP contribution in [-0.4, -0.2) is 46.2 Å². The molecule has 1 N–H and O–H groups in total. The van der Waals surface area contributed by atoms with Crippen LogP contribution in [0.5, 0.6) is 0 Å². The summed E-state index contributed by atoms with van der Waals surface area (Å²) in [5, 5.41) is 2.71. The Balaban J connectivity index is 2.86. The maximum Gasteiger partial charge on any atom is 0.338 e. The van der Waals surface area contributed by atoms with Crippen LogP contribution >= 0.6 is 0 Å². The van der Waals surface area contributed by atoms with Gasteiger partial charge >= 0.3 is 5.97 Å². The number of rotatable bonds is 9. The van der Waals surface area contributed by atoms with E-state index >= 15 is 0 Å². The standard InChI is InChI=1S/C16H24N2O5S/c1-4-11-17-15(19)10-12-18(24(3,21)22)14-8-6-13(7-9-14)16(20)23-5-2/h6-9H,4-5,10-12H2,1-3H3,(H,17,19). The first-order valence-electron chi connectivity index (χ1n) is 7.81. The molecule has 1 aromatic carbocycles. The number of hydrogen-bond donors (Lipinski definition) is 1. The van der Waals surface area contributed by atoms with Gasteiger partial charge in [-0.25, -0.2) is 13.2 Å². The van der Waals surface area contributed by atoms with Gasteiger partial charge in [-0.15, -0.1) is 0 Å². The van der Waals surface area contributed by atoms with Crippen LogP contribution in [0.15, 0.2) is 24.3 Å². The van der Waals surface area contributed by atoms with E-state index < -0.39 is 16.0 Å². The van der Waals surface area contributed by atoms with Crippen LogP contribution < -0.4 is 9.62 Å². The largest absolute Gasteiger partial charge is 0.462 e. The van der Waals surface area contributed by atoms with E-state index in [0.29, 0.717) is 17.8 Å². The minimum Gasteiger partial charge on any atom is -0.462 e. The molecule has 0 spiro atoms. The highest BCUT2D eigenvalue weighted by atomic mass is 32.2. The number of carbonyl (C=O) groups is 2. The van der Waals surface area contributed by atoms with Gasteiger partial charge in [0.05, 0.1) is 24.1 Å². The summed E-state index contributed by atoms with van der Waals surface area (Å²) in [6, 6.07) is 6.06. The Labute approximate surface area is 143 Å². The summed E-state index contributed by atoms with van der Waals surface area (Å²) in [5.74, 6) is -0.664. The molecule has 1 rings (SSSR count). The van der Waals surface area contributed by atoms with Gasteiger partial charge in [0.25, 0.3) is 0 Å². The molecule has 0 saturated heterocycles. The molecule has 134 valence electrons. The zero-order valence-corrected chi connectivity index (χ0v) is 15.1. The highest BCUT2D eigenvalue weighted by molar-refractivity contribution is 7.92. The second-order valence-electron chi connectivity index (χ2n) is 5.20. The van der Waals surface area contributed by atoms with Crippen LogP contribution in [0, 0.1) is 0 Å². The van der Waals surface area contributed by atoms with Crippen molar-refractivity contribution in [2.45, 2.75) is 26.7 Å². The summed E-state index contributed by atoms with van der Waals surface area (Å²) in [6.07, 6.45) is 1.96. The minimum atomic E-state index is -3.54. The molecule has 24 heavy (non-hydrogen) atoms. The average Bonchev–Trinajstić information content (AvgIpc) is 2.52. The Bertz CT molecular complexity index is 656. The lowest BCUT2D eigenvalue weighted by molar-refractivity contribution is -0.120. The molecule has 0 atom stereocenters. The fourth-order valence-electron chi connectivity index (χ4n) is 2.02. The van der Waals surface area contributed by atoms with E-state index in [1.165, 1.54) is 24.3 Å². The van der Waals surface area contributed by atoms with Gasteiger partial charge in [0.15, 0.2) is 0 Å². The molecular weight excluding hydrogens is 332 g/mol. The summed E-state index contributed by atoms with van der Waals surface area (Å²) in [5.41, 5.74) is 0.739. The molecule has 0 unspecified atom stereocenters. The number of carbonyl (C=O) groups excluding carboxylic acids is 2. The topological polar surface area (TPSA) is 92.8 Å². The third kappa shape index (κ3) is 6.19. The van der Waals surface area contributed by atoms with Crippen molar-refractivity contribution in [3.05, 3.63) is 29.8 Å². The first-order valence-corrected chi connectivity index (χ1v) is 9.66. The highest BCUT2D eigenvalue weighted by Crippen LogP contribution is 2.19. The summed E-state index contributed by atoms with van der Waals surface area (Å²) in [7, 11) is -3.54. The molecule has 0 aliphatic heterocycles. The van der Waals surface area contributed by atoms with Gasteiger partial charge in [-0.1, -0.05) is 6.92 Å². The third-order valence-electron chi connectivity index (χ3n) is 3.18. The molecule has 8 heteroatoms. The summed E-state index contributed by atoms with van der Waals surface area (Å²) in [6.45, 7) is 4.51. The SMILES string of the molecule is CCCNC(=O)CCN(c1ccc(C(=O)OCC)cc1)S(C)(=O)=O. The number of benzene rings is 1. The lowest BCUT2D eigenvalue weighted by Gasteiger charge is -2.22. The van der Waals surface area contributed by atoms with Gasteiger partial charge in [-0.2, -0.15) is 0 Å². The summed E-state index contributed by atoms with van der Waals surface area (Å²) < 4.78 is 30.0. The third-order valence-corrected chi connectivity index (χ3v) is 4.37. The Morgan fingerprint density at radius 1 is 1.17 bits per heavy atom. The van der Waals surface area contributed by atoms with E-state index in [4.69, 9.17) is 4.74 Å². The van der Waals surface area contributed by atoms with Crippen LogP contribution in [0.2, 0.25) is 0 Å². The first-order chi connectivity index (χ1) is 11.3. The lowest BCUT2D eigenvalue weighted by atomic mass is 10.2. The fraction of sp³-hybridized carbons (Fsp3) is 0.500. The molecule has 0 aliphatic carbocycles. The molecule has 0 saturated carbocycles. The normalized spacial score (nSPS) is 11.0. The van der Waals surface area contributed by atoms with Gasteiger partial charge in [0.1, 0.15) is 0 Å². The predicted molar refractivity (Wildman–Crippen MR) is 92.5 cm³/mol. The van der Waals surface area contributed by atoms with Crippen molar-refractivity contribution in [1.82, 2.24) is 5.32 Å². The summed E-state index contributed by atoms with van der Waals surface area (Å²) in [4.78, 5) is 23.3. The van der Waals surface area contributed by atoms with E-state index in [9.17, 15) is 18.0 Å². The lowest BCUT2D eigenvalue weighted by Crippen LogP contribution is -2.34. The van der Waals surface area contributed by atoms with Crippen molar-refractivity contribution in [2.75, 3.05) is 30.3 Å². The number of esters is 1. The maximum absolute atomic E-state index is 12.0. The second kappa shape index (κ2) is 9.27. The molecule has 0 fully saturated rings. The maximum atomic E-state index is 12.0. The fourth-order valence-corrected chi connectivity index (χ4v) is 2.95. The van der Waals surface area contributed by atoms with Crippen LogP contribution in [0.1, 0.15) is 37.0 Å². The van der Waals surface area contributed by atoms with Crippen molar-refractivity contribution in [3.8, 4) is 0 Å². The minimum absolute atomic E-state index is 0.0349. The Hall–Kier alpha value is -2.09. The number of nitrogens with zero attached hydrogens (tertiary/aromatic N) is 1. The van der Waals surface area contributed by atoms with Crippen molar-refractivity contribution in [3.63, 3.8) is 0 Å². The Morgan fingerprint density at radius 2 is 1.79 bits per heavy atom. The molecule has 7 nitrogen and oxygen atoms in total. The van der Waals surface area contributed by atoms with Crippen molar-refractivity contribution >= 4 is 27.6 Å². The van der Waals surface area contributed by atoms with Crippen LogP contribution in [0.25, 0.3) is 0 Å². The monoisotopic (exact) mass is 356 g/mol. The van der Waals surface area contributed by atoms with Gasteiger partial charge < -0.3 is 10.1 Å². The molecule has 0 heterocycles. The van der Waals surface area contributed by atoms with Crippen LogP contribution in [0.3, 0.4) is 0 Å². The van der Waals surface area contributed by atoms with E-state index in [1.807, 2.05) is 6.92 Å². The Kier molecular flexibility index (Phi) is 7.70. The molecule has 1 amide bonds. The van der Waals surface area contributed by atoms with Crippen molar-refractivity contribution < 1.29 is 22.7 Å². The van der Waals surface area contributed by atoms with Gasteiger partial charge in [-0.05, 0) is 37.6 Å². The quantitative estimate of drug-likeness (QED) is 0.678. The van der Waals surface area contributed by atoms with E-state index in [2.05, 4.69) is 5.32 Å². The van der Waals surface area contributed by atoms with Crippen molar-refractivity contribution in [1.29, 1.82) is 0 Å². The van der Waals surface area contributed by atoms with Crippen LogP contribution in [0.4, 0.5) is 5.69 Å². The highest BCUT2D eigenvalue weighted by Gasteiger charge is 2.19. The molecule has 0 aromatic heterocycles. The van der Waals surface area contributed by atoms with E-state index in [-0.39, 0.29) is 25.5 Å². The second-order valence-corrected chi connectivity index (χ2v) is 7.11. The van der Waals surface area contributed by atoms with Crippen LogP contribution in [-0.2, 0) is 19.6 Å². The smallest absolute Gasteiger partial charge is 0.338 e. The average molecular weight is 356 g/mol. The van der Waals surface area contributed by atoms with Gasteiger partial charge in [0.2, 0.25) is 15.9 Å². The zero-order chi connectivity index (χ0) is 18.2. The molecule has 0 radical (unpaired) electrons. The van der Waals surface area contributed by atoms with E-state index in [1.54, 1.807) is 6.92 Å². The molecule has 1 aromatic rings. The number of amides is 1. The number of anilines is 1. The molecule has 0 bridgehead atoms. The number of nitrogens with one attached hydrogen (secondary N) is 1. The van der Waals surface area contributed by atoms with E-state index in [0.717, 1.165) is 17.0 Å². The number of ether oxygens (including phenoxy) is 1. The Morgan fingerprint density at radius 3 is 2.29 bits per heavy atom. The van der Waals surface area contributed by atoms with Crippen molar-refractivity contribution in [2.24, 2.45) is 0 Å². The van der Waals surface area contributed by atoms with Gasteiger partial charge in [0, 0.05) is 19.5 Å². The summed E-state index contributed by atoms with van der Waals surface area (Å²) >= 11 is 0. The van der Waals surface area contributed by atoms with Gasteiger partial charge in [-0.3, -0.25) is 9.10 Å². The predicted octanol–water partition coefficient (Wildman–Crippen LogP) is 1.55. The number of sulfonamides is 1.